The molecule has 1 unspecified atom stereocenters. The van der Waals surface area contributed by atoms with Crippen molar-refractivity contribution in [2.75, 3.05) is 0 Å². The first-order valence-electron chi connectivity index (χ1n) is 5.15. The topological polar surface area (TPSA) is 38.1 Å². The van der Waals surface area contributed by atoms with E-state index < -0.39 is 0 Å². The van der Waals surface area contributed by atoms with Crippen LogP contribution in [0.2, 0.25) is 0 Å². The average molecular weight is 380 g/mol. The van der Waals surface area contributed by atoms with Gasteiger partial charge in [-0.2, -0.15) is 0 Å². The third-order valence-electron chi connectivity index (χ3n) is 2.29. The molecule has 92 valence electrons. The van der Waals surface area contributed by atoms with Crippen LogP contribution in [0.1, 0.15) is 28.6 Å². The molecule has 0 aliphatic carbocycles. The summed E-state index contributed by atoms with van der Waals surface area (Å²) in [5, 5.41) is 4.49. The standard InChI is InChI=1S/C11H12Br2N2OS/c1-6-4-15-11(17-6)7(2)14-5-8-3-9(12)10(13)16-8/h3-4,7,14H,5H2,1-2H3. The molecule has 0 spiro atoms. The van der Waals surface area contributed by atoms with Crippen molar-refractivity contribution in [3.05, 3.63) is 37.1 Å². The molecule has 0 aliphatic rings. The molecular weight excluding hydrogens is 368 g/mol. The smallest absolute Gasteiger partial charge is 0.183 e. The predicted molar refractivity (Wildman–Crippen MR) is 76.2 cm³/mol. The SMILES string of the molecule is Cc1cnc(C(C)NCc2cc(Br)c(Br)o2)s1. The number of halogens is 2. The molecule has 0 fully saturated rings. The fraction of sp³-hybridized carbons (Fsp3) is 0.364. The van der Waals surface area contributed by atoms with E-state index in [0.29, 0.717) is 6.54 Å². The highest BCUT2D eigenvalue weighted by molar-refractivity contribution is 9.13. The molecule has 0 aromatic carbocycles. The molecule has 2 aromatic rings. The number of aromatic nitrogens is 1. The van der Waals surface area contributed by atoms with Crippen molar-refractivity contribution in [1.29, 1.82) is 0 Å². The summed E-state index contributed by atoms with van der Waals surface area (Å²) in [6.45, 7) is 4.85. The zero-order valence-electron chi connectivity index (χ0n) is 9.46. The monoisotopic (exact) mass is 378 g/mol. The van der Waals surface area contributed by atoms with Crippen LogP contribution in [0, 0.1) is 6.92 Å². The molecule has 3 nitrogen and oxygen atoms in total. The number of nitrogens with one attached hydrogen (secondary N) is 1. The molecule has 2 rings (SSSR count). The van der Waals surface area contributed by atoms with Crippen LogP contribution in [0.25, 0.3) is 0 Å². The highest BCUT2D eigenvalue weighted by atomic mass is 79.9. The summed E-state index contributed by atoms with van der Waals surface area (Å²) in [6, 6.07) is 2.19. The predicted octanol–water partition coefficient (Wildman–Crippen LogP) is 4.42. The average Bonchev–Trinajstić information content (AvgIpc) is 2.83. The normalized spacial score (nSPS) is 12.9. The van der Waals surface area contributed by atoms with E-state index in [1.54, 1.807) is 11.3 Å². The first-order valence-corrected chi connectivity index (χ1v) is 7.56. The Labute approximate surface area is 121 Å². The molecule has 17 heavy (non-hydrogen) atoms. The molecule has 1 N–H and O–H groups in total. The summed E-state index contributed by atoms with van der Waals surface area (Å²) in [7, 11) is 0. The Balaban J connectivity index is 1.94. The van der Waals surface area contributed by atoms with Crippen LogP contribution in [0.5, 0.6) is 0 Å². The number of thiazole rings is 1. The molecule has 0 radical (unpaired) electrons. The lowest BCUT2D eigenvalue weighted by Crippen LogP contribution is -2.17. The van der Waals surface area contributed by atoms with Crippen molar-refractivity contribution in [1.82, 2.24) is 10.3 Å². The lowest BCUT2D eigenvalue weighted by molar-refractivity contribution is 0.446. The van der Waals surface area contributed by atoms with Gasteiger partial charge in [-0.1, -0.05) is 0 Å². The second kappa shape index (κ2) is 5.65. The van der Waals surface area contributed by atoms with Gasteiger partial charge in [0.05, 0.1) is 17.1 Å². The molecule has 0 amide bonds. The minimum Gasteiger partial charge on any atom is -0.452 e. The highest BCUT2D eigenvalue weighted by Crippen LogP contribution is 2.27. The van der Waals surface area contributed by atoms with Gasteiger partial charge in [0, 0.05) is 11.1 Å². The second-order valence-corrected chi connectivity index (χ2v) is 6.59. The third kappa shape index (κ3) is 3.40. The zero-order chi connectivity index (χ0) is 12.4. The van der Waals surface area contributed by atoms with Crippen LogP contribution in [-0.2, 0) is 6.54 Å². The zero-order valence-corrected chi connectivity index (χ0v) is 13.4. The number of hydrogen-bond acceptors (Lipinski definition) is 4. The summed E-state index contributed by atoms with van der Waals surface area (Å²) < 4.78 is 7.16. The van der Waals surface area contributed by atoms with Gasteiger partial charge in [0.25, 0.3) is 0 Å². The first-order chi connectivity index (χ1) is 8.06. The van der Waals surface area contributed by atoms with E-state index in [4.69, 9.17) is 4.42 Å². The quantitative estimate of drug-likeness (QED) is 0.854. The molecule has 0 aliphatic heterocycles. The largest absolute Gasteiger partial charge is 0.452 e. The van der Waals surface area contributed by atoms with Crippen molar-refractivity contribution in [3.63, 3.8) is 0 Å². The summed E-state index contributed by atoms with van der Waals surface area (Å²) in [5.41, 5.74) is 0. The maximum atomic E-state index is 5.50. The Bertz CT molecular complexity index is 490. The fourth-order valence-electron chi connectivity index (χ4n) is 1.39. The number of aryl methyl sites for hydroxylation is 1. The number of hydrogen-bond donors (Lipinski definition) is 1. The van der Waals surface area contributed by atoms with Gasteiger partial charge in [0.1, 0.15) is 10.8 Å². The third-order valence-corrected chi connectivity index (χ3v) is 5.09. The van der Waals surface area contributed by atoms with Crippen molar-refractivity contribution in [3.8, 4) is 0 Å². The summed E-state index contributed by atoms with van der Waals surface area (Å²) >= 11 is 8.43. The molecule has 2 heterocycles. The van der Waals surface area contributed by atoms with Gasteiger partial charge in [-0.15, -0.1) is 11.3 Å². The summed E-state index contributed by atoms with van der Waals surface area (Å²) in [5.74, 6) is 0.892. The Morgan fingerprint density at radius 1 is 1.53 bits per heavy atom. The van der Waals surface area contributed by atoms with Crippen LogP contribution in [0.15, 0.2) is 25.8 Å². The Morgan fingerprint density at radius 3 is 2.82 bits per heavy atom. The number of rotatable bonds is 4. The molecule has 1 atom stereocenters. The second-order valence-electron chi connectivity index (χ2n) is 3.75. The van der Waals surface area contributed by atoms with Crippen molar-refractivity contribution >= 4 is 43.2 Å². The number of nitrogens with zero attached hydrogens (tertiary/aromatic N) is 1. The summed E-state index contributed by atoms with van der Waals surface area (Å²) in [4.78, 5) is 5.59. The van der Waals surface area contributed by atoms with Crippen LogP contribution in [-0.4, -0.2) is 4.98 Å². The lowest BCUT2D eigenvalue weighted by Gasteiger charge is -2.09. The molecule has 2 aromatic heterocycles. The van der Waals surface area contributed by atoms with Crippen LogP contribution in [0.3, 0.4) is 0 Å². The Kier molecular flexibility index (Phi) is 4.41. The minimum atomic E-state index is 0.233. The molecule has 0 bridgehead atoms. The van der Waals surface area contributed by atoms with E-state index in [9.17, 15) is 0 Å². The Hall–Kier alpha value is -0.170. The van der Waals surface area contributed by atoms with Crippen molar-refractivity contribution in [2.45, 2.75) is 26.4 Å². The molecule has 0 saturated carbocycles. The molecular formula is C11H12Br2N2OS. The van der Waals surface area contributed by atoms with E-state index in [1.165, 1.54) is 4.88 Å². The number of furan rings is 1. The van der Waals surface area contributed by atoms with E-state index in [0.717, 1.165) is 19.9 Å². The summed E-state index contributed by atoms with van der Waals surface area (Å²) in [6.07, 6.45) is 1.90. The van der Waals surface area contributed by atoms with E-state index >= 15 is 0 Å². The van der Waals surface area contributed by atoms with Crippen molar-refractivity contribution < 1.29 is 4.42 Å². The fourth-order valence-corrected chi connectivity index (χ4v) is 2.85. The van der Waals surface area contributed by atoms with Crippen molar-refractivity contribution in [2.24, 2.45) is 0 Å². The van der Waals surface area contributed by atoms with Crippen LogP contribution >= 0.6 is 43.2 Å². The van der Waals surface area contributed by atoms with Gasteiger partial charge >= 0.3 is 0 Å². The van der Waals surface area contributed by atoms with Gasteiger partial charge in [-0.3, -0.25) is 0 Å². The lowest BCUT2D eigenvalue weighted by atomic mass is 10.3. The molecule has 0 saturated heterocycles. The maximum absolute atomic E-state index is 5.50. The molecule has 6 heteroatoms. The minimum absolute atomic E-state index is 0.233. The van der Waals surface area contributed by atoms with E-state index in [-0.39, 0.29) is 6.04 Å². The Morgan fingerprint density at radius 2 is 2.29 bits per heavy atom. The maximum Gasteiger partial charge on any atom is 0.183 e. The van der Waals surface area contributed by atoms with Gasteiger partial charge in [-0.25, -0.2) is 4.98 Å². The van der Waals surface area contributed by atoms with E-state index in [1.807, 2.05) is 12.3 Å². The van der Waals surface area contributed by atoms with Gasteiger partial charge in [0.2, 0.25) is 0 Å². The van der Waals surface area contributed by atoms with Gasteiger partial charge in [-0.05, 0) is 51.8 Å². The van der Waals surface area contributed by atoms with Crippen LogP contribution in [0.4, 0.5) is 0 Å². The van der Waals surface area contributed by atoms with Gasteiger partial charge < -0.3 is 9.73 Å². The van der Waals surface area contributed by atoms with E-state index in [2.05, 4.69) is 56.0 Å². The highest BCUT2D eigenvalue weighted by Gasteiger charge is 2.11. The van der Waals surface area contributed by atoms with Crippen LogP contribution < -0.4 is 5.32 Å². The first kappa shape index (κ1) is 13.3. The van der Waals surface area contributed by atoms with Gasteiger partial charge in [0.15, 0.2) is 4.67 Å².